The van der Waals surface area contributed by atoms with Gasteiger partial charge in [-0.25, -0.2) is 9.59 Å². The number of aliphatic hydroxyl groups is 4. The number of hydrogen-bond donors (Lipinski definition) is 4. The predicted molar refractivity (Wildman–Crippen MR) is 161 cm³/mol. The zero-order chi connectivity index (χ0) is 33.2. The summed E-state index contributed by atoms with van der Waals surface area (Å²) in [5.74, 6) is -3.47. The van der Waals surface area contributed by atoms with Crippen LogP contribution < -0.4 is 4.74 Å². The van der Waals surface area contributed by atoms with Crippen molar-refractivity contribution in [1.29, 1.82) is 0 Å². The summed E-state index contributed by atoms with van der Waals surface area (Å²) in [6.07, 6.45) is -7.46. The smallest absolute Gasteiger partial charge is 0.344 e. The molecule has 0 aromatic heterocycles. The minimum atomic E-state index is -2.11. The molecule has 4 aliphatic rings. The number of ether oxygens (including phenoxy) is 4. The van der Waals surface area contributed by atoms with E-state index in [4.69, 9.17) is 18.9 Å². The summed E-state index contributed by atoms with van der Waals surface area (Å²) in [6.45, 7) is 5.50. The predicted octanol–water partition coefficient (Wildman–Crippen LogP) is 2.14. The van der Waals surface area contributed by atoms with Crippen LogP contribution in [0.1, 0.15) is 50.9 Å². The third kappa shape index (κ3) is 5.62. The zero-order valence-electron chi connectivity index (χ0n) is 26.8. The summed E-state index contributed by atoms with van der Waals surface area (Å²) >= 11 is 0. The fourth-order valence-electron chi connectivity index (χ4n) is 8.27. The van der Waals surface area contributed by atoms with Crippen molar-refractivity contribution < 1.29 is 97.8 Å². The van der Waals surface area contributed by atoms with Crippen LogP contribution >= 0.6 is 0 Å². The van der Waals surface area contributed by atoms with Crippen molar-refractivity contribution in [2.45, 2.75) is 82.3 Å². The summed E-state index contributed by atoms with van der Waals surface area (Å²) in [5.41, 5.74) is -6.75. The van der Waals surface area contributed by atoms with E-state index in [2.05, 4.69) is 0 Å². The van der Waals surface area contributed by atoms with E-state index in [1.165, 1.54) is 19.1 Å². The van der Waals surface area contributed by atoms with Crippen LogP contribution in [0.3, 0.4) is 0 Å². The van der Waals surface area contributed by atoms with Crippen molar-refractivity contribution in [3.63, 3.8) is 0 Å². The molecule has 12 heteroatoms. The molecule has 2 bridgehead atoms. The number of ketones is 1. The summed E-state index contributed by atoms with van der Waals surface area (Å²) in [7, 11) is 0. The van der Waals surface area contributed by atoms with Gasteiger partial charge in [0.2, 0.25) is 0 Å². The Labute approximate surface area is 308 Å². The van der Waals surface area contributed by atoms with E-state index >= 15 is 0 Å². The van der Waals surface area contributed by atoms with Crippen molar-refractivity contribution in [2.75, 3.05) is 13.2 Å². The molecule has 4 N–H and O–H groups in total. The molecule has 11 nitrogen and oxygen atoms in total. The minimum Gasteiger partial charge on any atom is -0.482 e. The molecule has 6 rings (SSSR count). The quantitative estimate of drug-likeness (QED) is 0.248. The average Bonchev–Trinajstić information content (AvgIpc) is 3.03. The molecule has 2 aromatic rings. The molecule has 8 unspecified atom stereocenters. The maximum Gasteiger partial charge on any atom is 0.344 e. The topological polar surface area (TPSA) is 169 Å². The molecular formula is C35H40AcO11. The first-order valence-corrected chi connectivity index (χ1v) is 15.5. The molecule has 9 atom stereocenters. The fraction of sp³-hybridized carbons (Fsp3) is 0.514. The summed E-state index contributed by atoms with van der Waals surface area (Å²) < 4.78 is 23.4. The van der Waals surface area contributed by atoms with E-state index in [-0.39, 0.29) is 74.6 Å². The summed E-state index contributed by atoms with van der Waals surface area (Å²) in [5, 5.41) is 48.1. The Bertz CT molecular complexity index is 1560. The molecule has 249 valence electrons. The van der Waals surface area contributed by atoms with Crippen molar-refractivity contribution in [3.05, 3.63) is 77.4 Å². The molecule has 1 aliphatic heterocycles. The van der Waals surface area contributed by atoms with Crippen LogP contribution in [-0.4, -0.2) is 93.1 Å². The Hall–Kier alpha value is -2.17. The number of fused-ring (bicyclic) bond motifs is 5. The standard InChI is InChI=1S/C35H40O11.Ac/c1-19-22(36)16-35(42)30(46-31(40)20-11-7-5-8-12-20)28-33(4,29(39)27(38)26(19)32(35,2)3)23(15-24-34(28,41)18-44-24)45-25(37)17-43-21-13-9-6-10-14-21;/h5-14,22-24,27-28,30,36,38,41-42H,15-18H2,1-4H3;/t22?,23?,24?,27?,28?,30-,33?,34?,35?;/m0./s1. The van der Waals surface area contributed by atoms with Gasteiger partial charge in [-0.3, -0.25) is 4.79 Å². The van der Waals surface area contributed by atoms with Crippen LogP contribution in [0.15, 0.2) is 71.8 Å². The molecule has 0 amide bonds. The first-order chi connectivity index (χ1) is 21.7. The van der Waals surface area contributed by atoms with Gasteiger partial charge in [0.05, 0.1) is 29.8 Å². The van der Waals surface area contributed by atoms with E-state index < -0.39 is 82.8 Å². The maximum atomic E-state index is 14.7. The Kier molecular flexibility index (Phi) is 9.94. The third-order valence-corrected chi connectivity index (χ3v) is 11.0. The van der Waals surface area contributed by atoms with E-state index in [1.807, 2.05) is 0 Å². The number of benzene rings is 2. The molecule has 2 saturated carbocycles. The number of aliphatic hydroxyl groups excluding tert-OH is 2. The largest absolute Gasteiger partial charge is 0.482 e. The van der Waals surface area contributed by atoms with Crippen LogP contribution in [0.2, 0.25) is 0 Å². The first-order valence-electron chi connectivity index (χ1n) is 15.5. The van der Waals surface area contributed by atoms with Gasteiger partial charge in [0.15, 0.2) is 12.4 Å². The second-order valence-electron chi connectivity index (χ2n) is 13.7. The van der Waals surface area contributed by atoms with Gasteiger partial charge in [0, 0.05) is 68.2 Å². The van der Waals surface area contributed by atoms with Gasteiger partial charge in [0.25, 0.3) is 0 Å². The monoisotopic (exact) mass is 863 g/mol. The number of para-hydroxylation sites is 1. The molecule has 47 heavy (non-hydrogen) atoms. The molecule has 0 spiro atoms. The van der Waals surface area contributed by atoms with E-state index in [0.717, 1.165) is 0 Å². The number of rotatable bonds is 6. The molecule has 1 radical (unpaired) electrons. The Morgan fingerprint density at radius 3 is 2.17 bits per heavy atom. The average molecular weight is 864 g/mol. The molecule has 1 saturated heterocycles. The van der Waals surface area contributed by atoms with E-state index in [1.54, 1.807) is 69.3 Å². The van der Waals surface area contributed by atoms with Crippen LogP contribution in [0.25, 0.3) is 0 Å². The first kappa shape index (κ1) is 36.1. The van der Waals surface area contributed by atoms with Gasteiger partial charge in [0.1, 0.15) is 35.3 Å². The molecule has 3 aliphatic carbocycles. The Morgan fingerprint density at radius 1 is 0.957 bits per heavy atom. The van der Waals surface area contributed by atoms with E-state index in [0.29, 0.717) is 11.3 Å². The van der Waals surface area contributed by atoms with Gasteiger partial charge in [-0.2, -0.15) is 0 Å². The maximum absolute atomic E-state index is 14.7. The van der Waals surface area contributed by atoms with Gasteiger partial charge in [-0.05, 0) is 49.3 Å². The summed E-state index contributed by atoms with van der Waals surface area (Å²) in [6, 6.07) is 16.7. The normalized spacial score (nSPS) is 37.1. The Balaban J connectivity index is 0.00000433. The third-order valence-electron chi connectivity index (χ3n) is 11.0. The number of Topliss-reactive ketones (excluding diaryl/α,β-unsaturated/α-hetero) is 1. The van der Waals surface area contributed by atoms with Gasteiger partial charge in [-0.15, -0.1) is 0 Å². The molecular weight excluding hydrogens is 823 g/mol. The molecule has 3 fully saturated rings. The van der Waals surface area contributed by atoms with Crippen LogP contribution in [0, 0.1) is 60.8 Å². The fourth-order valence-corrected chi connectivity index (χ4v) is 8.27. The number of esters is 2. The minimum absolute atomic E-state index is 0. The molecule has 2 aromatic carbocycles. The van der Waals surface area contributed by atoms with Crippen molar-refractivity contribution in [2.24, 2.45) is 16.7 Å². The zero-order valence-corrected chi connectivity index (χ0v) is 31.5. The molecule has 1 heterocycles. The Morgan fingerprint density at radius 2 is 1.57 bits per heavy atom. The van der Waals surface area contributed by atoms with Gasteiger partial charge >= 0.3 is 11.9 Å². The number of carbonyl (C=O) groups is 3. The second-order valence-corrected chi connectivity index (χ2v) is 13.7. The second kappa shape index (κ2) is 12.9. The van der Waals surface area contributed by atoms with Crippen molar-refractivity contribution >= 4 is 17.7 Å². The van der Waals surface area contributed by atoms with Gasteiger partial charge in [-0.1, -0.05) is 50.2 Å². The van der Waals surface area contributed by atoms with E-state index in [9.17, 15) is 34.8 Å². The number of carbonyl (C=O) groups excluding carboxylic acids is 3. The van der Waals surface area contributed by atoms with Crippen LogP contribution in [0.5, 0.6) is 5.75 Å². The summed E-state index contributed by atoms with van der Waals surface area (Å²) in [4.78, 5) is 41.7. The SMILES string of the molecule is CC1=C2C(O)C(=O)C3(C)C(OC(=O)COc4ccccc4)CC4OCC4(O)C3[C@H](OC(=O)c3ccccc3)C(O)(CC1O)C2(C)C.[Ac]. The van der Waals surface area contributed by atoms with Gasteiger partial charge < -0.3 is 39.4 Å². The van der Waals surface area contributed by atoms with Crippen molar-refractivity contribution in [1.82, 2.24) is 0 Å². The van der Waals surface area contributed by atoms with Crippen LogP contribution in [-0.2, 0) is 23.8 Å². The van der Waals surface area contributed by atoms with Crippen molar-refractivity contribution in [3.8, 4) is 5.75 Å². The van der Waals surface area contributed by atoms with Crippen LogP contribution in [0.4, 0.5) is 0 Å². The number of hydrogen-bond acceptors (Lipinski definition) is 11.